The van der Waals surface area contributed by atoms with Gasteiger partial charge >= 0.3 is 5.97 Å². The van der Waals surface area contributed by atoms with Crippen molar-refractivity contribution < 1.29 is 14.3 Å². The van der Waals surface area contributed by atoms with Crippen LogP contribution in [0, 0.1) is 5.82 Å². The van der Waals surface area contributed by atoms with Crippen molar-refractivity contribution in [1.29, 1.82) is 0 Å². The van der Waals surface area contributed by atoms with E-state index in [-0.39, 0.29) is 12.4 Å². The van der Waals surface area contributed by atoms with Crippen LogP contribution < -0.4 is 10.2 Å². The number of carboxylic acids is 1. The molecule has 86 valence electrons. The normalized spacial score (nSPS) is 14.9. The molecular formula is C11H13FN2O2. The Kier molecular flexibility index (Phi) is 2.94. The van der Waals surface area contributed by atoms with Crippen molar-refractivity contribution in [1.82, 2.24) is 0 Å². The molecule has 0 bridgehead atoms. The standard InChI is InChI=1S/C11H13FN2O2/c12-8-3-1-4-9-11(8)13-5-2-6-14(9)7-10(15)16/h1,3-4,13H,2,5-7H2,(H,15,16). The molecule has 16 heavy (non-hydrogen) atoms. The SMILES string of the molecule is O=C(O)CN1CCCNc2c(F)cccc21. The maximum atomic E-state index is 13.5. The number of aliphatic carboxylic acids is 1. The highest BCUT2D eigenvalue weighted by Gasteiger charge is 2.19. The number of para-hydroxylation sites is 1. The third-order valence-corrected chi connectivity index (χ3v) is 2.57. The molecule has 0 radical (unpaired) electrons. The van der Waals surface area contributed by atoms with Crippen LogP contribution in [0.15, 0.2) is 18.2 Å². The van der Waals surface area contributed by atoms with Gasteiger partial charge in [0.2, 0.25) is 0 Å². The van der Waals surface area contributed by atoms with Crippen molar-refractivity contribution in [3.05, 3.63) is 24.0 Å². The van der Waals surface area contributed by atoms with E-state index in [0.29, 0.717) is 24.5 Å². The fourth-order valence-electron chi connectivity index (χ4n) is 1.88. The van der Waals surface area contributed by atoms with Crippen LogP contribution in [0.3, 0.4) is 0 Å². The minimum atomic E-state index is -0.905. The monoisotopic (exact) mass is 224 g/mol. The number of carboxylic acid groups (broad SMARTS) is 1. The number of nitrogens with zero attached hydrogens (tertiary/aromatic N) is 1. The molecule has 0 aliphatic carbocycles. The molecule has 0 saturated carbocycles. The lowest BCUT2D eigenvalue weighted by Crippen LogP contribution is -2.30. The molecule has 0 saturated heterocycles. The predicted molar refractivity (Wildman–Crippen MR) is 59.4 cm³/mol. The second kappa shape index (κ2) is 4.38. The predicted octanol–water partition coefficient (Wildman–Crippen LogP) is 1.53. The topological polar surface area (TPSA) is 52.6 Å². The first-order chi connectivity index (χ1) is 7.68. The lowest BCUT2D eigenvalue weighted by atomic mass is 10.2. The summed E-state index contributed by atoms with van der Waals surface area (Å²) in [4.78, 5) is 12.4. The fraction of sp³-hybridized carbons (Fsp3) is 0.364. The molecule has 1 heterocycles. The number of nitrogens with one attached hydrogen (secondary N) is 1. The van der Waals surface area contributed by atoms with Gasteiger partial charge in [0, 0.05) is 13.1 Å². The number of benzene rings is 1. The Morgan fingerprint density at radius 2 is 2.38 bits per heavy atom. The third kappa shape index (κ3) is 2.08. The fourth-order valence-corrected chi connectivity index (χ4v) is 1.88. The van der Waals surface area contributed by atoms with Gasteiger partial charge in [-0.3, -0.25) is 4.79 Å². The second-order valence-electron chi connectivity index (χ2n) is 3.73. The van der Waals surface area contributed by atoms with Crippen LogP contribution in [-0.4, -0.2) is 30.7 Å². The van der Waals surface area contributed by atoms with Crippen LogP contribution >= 0.6 is 0 Å². The number of carbonyl (C=O) groups is 1. The van der Waals surface area contributed by atoms with Crippen LogP contribution in [0.25, 0.3) is 0 Å². The first kappa shape index (κ1) is 10.7. The Morgan fingerprint density at radius 3 is 3.12 bits per heavy atom. The van der Waals surface area contributed by atoms with Gasteiger partial charge in [-0.25, -0.2) is 4.39 Å². The summed E-state index contributed by atoms with van der Waals surface area (Å²) in [6.45, 7) is 1.18. The Labute approximate surface area is 92.7 Å². The molecule has 1 aromatic carbocycles. The second-order valence-corrected chi connectivity index (χ2v) is 3.73. The van der Waals surface area contributed by atoms with E-state index in [1.54, 1.807) is 17.0 Å². The average molecular weight is 224 g/mol. The molecule has 0 spiro atoms. The Morgan fingerprint density at radius 1 is 1.56 bits per heavy atom. The molecule has 2 N–H and O–H groups in total. The first-order valence-electron chi connectivity index (χ1n) is 5.17. The van der Waals surface area contributed by atoms with Gasteiger partial charge in [0.05, 0.1) is 11.4 Å². The van der Waals surface area contributed by atoms with Crippen molar-refractivity contribution in [3.63, 3.8) is 0 Å². The molecule has 5 heteroatoms. The van der Waals surface area contributed by atoms with Crippen LogP contribution in [0.5, 0.6) is 0 Å². The number of fused-ring (bicyclic) bond motifs is 1. The molecule has 1 aromatic rings. The Balaban J connectivity index is 2.36. The lowest BCUT2D eigenvalue weighted by molar-refractivity contribution is -0.135. The minimum absolute atomic E-state index is 0.0991. The molecule has 0 amide bonds. The lowest BCUT2D eigenvalue weighted by Gasteiger charge is -2.22. The zero-order chi connectivity index (χ0) is 11.5. The number of hydrogen-bond donors (Lipinski definition) is 2. The first-order valence-corrected chi connectivity index (χ1v) is 5.17. The van der Waals surface area contributed by atoms with Gasteiger partial charge in [0.1, 0.15) is 12.4 Å². The highest BCUT2D eigenvalue weighted by molar-refractivity contribution is 5.78. The van der Waals surface area contributed by atoms with Gasteiger partial charge in [0.15, 0.2) is 0 Å². The summed E-state index contributed by atoms with van der Waals surface area (Å²) in [6.07, 6.45) is 0.793. The molecule has 4 nitrogen and oxygen atoms in total. The maximum absolute atomic E-state index is 13.5. The van der Waals surface area contributed by atoms with Crippen molar-refractivity contribution in [2.75, 3.05) is 29.9 Å². The molecule has 0 unspecified atom stereocenters. The van der Waals surface area contributed by atoms with E-state index < -0.39 is 5.97 Å². The summed E-state index contributed by atoms with van der Waals surface area (Å²) in [5, 5.41) is 11.8. The number of hydrogen-bond acceptors (Lipinski definition) is 3. The zero-order valence-corrected chi connectivity index (χ0v) is 8.74. The van der Waals surface area contributed by atoms with Gasteiger partial charge in [-0.1, -0.05) is 6.07 Å². The van der Waals surface area contributed by atoms with E-state index in [0.717, 1.165) is 6.42 Å². The third-order valence-electron chi connectivity index (χ3n) is 2.57. The van der Waals surface area contributed by atoms with E-state index in [1.165, 1.54) is 6.07 Å². The van der Waals surface area contributed by atoms with E-state index in [4.69, 9.17) is 5.11 Å². The van der Waals surface area contributed by atoms with Crippen LogP contribution in [-0.2, 0) is 4.79 Å². The van der Waals surface area contributed by atoms with Crippen molar-refractivity contribution in [2.45, 2.75) is 6.42 Å². The molecule has 0 atom stereocenters. The van der Waals surface area contributed by atoms with Crippen LogP contribution in [0.2, 0.25) is 0 Å². The van der Waals surface area contributed by atoms with E-state index in [2.05, 4.69) is 5.32 Å². The summed E-state index contributed by atoms with van der Waals surface area (Å²) < 4.78 is 13.5. The smallest absolute Gasteiger partial charge is 0.323 e. The molecule has 0 fully saturated rings. The van der Waals surface area contributed by atoms with E-state index >= 15 is 0 Å². The molecule has 2 rings (SSSR count). The molecular weight excluding hydrogens is 211 g/mol. The Bertz CT molecular complexity index is 409. The van der Waals surface area contributed by atoms with Crippen LogP contribution in [0.4, 0.5) is 15.8 Å². The quantitative estimate of drug-likeness (QED) is 0.800. The zero-order valence-electron chi connectivity index (χ0n) is 8.74. The van der Waals surface area contributed by atoms with E-state index in [1.807, 2.05) is 0 Å². The van der Waals surface area contributed by atoms with Gasteiger partial charge < -0.3 is 15.3 Å². The summed E-state index contributed by atoms with van der Waals surface area (Å²) in [5.41, 5.74) is 1.03. The van der Waals surface area contributed by atoms with Crippen LogP contribution in [0.1, 0.15) is 6.42 Å². The van der Waals surface area contributed by atoms with E-state index in [9.17, 15) is 9.18 Å². The molecule has 1 aliphatic heterocycles. The largest absolute Gasteiger partial charge is 0.480 e. The van der Waals surface area contributed by atoms with Gasteiger partial charge in [0.25, 0.3) is 0 Å². The number of halogens is 1. The summed E-state index contributed by atoms with van der Waals surface area (Å²) >= 11 is 0. The maximum Gasteiger partial charge on any atom is 0.323 e. The summed E-state index contributed by atoms with van der Waals surface area (Å²) in [6, 6.07) is 4.70. The minimum Gasteiger partial charge on any atom is -0.480 e. The van der Waals surface area contributed by atoms with Crippen molar-refractivity contribution >= 4 is 17.3 Å². The Hall–Kier alpha value is -1.78. The van der Waals surface area contributed by atoms with Gasteiger partial charge in [-0.2, -0.15) is 0 Å². The number of rotatable bonds is 2. The van der Waals surface area contributed by atoms with Crippen molar-refractivity contribution in [3.8, 4) is 0 Å². The highest BCUT2D eigenvalue weighted by atomic mass is 19.1. The molecule has 0 aromatic heterocycles. The van der Waals surface area contributed by atoms with Crippen molar-refractivity contribution in [2.24, 2.45) is 0 Å². The highest BCUT2D eigenvalue weighted by Crippen LogP contribution is 2.30. The van der Waals surface area contributed by atoms with Gasteiger partial charge in [-0.05, 0) is 18.6 Å². The average Bonchev–Trinajstić information content (AvgIpc) is 2.42. The molecule has 1 aliphatic rings. The van der Waals surface area contributed by atoms with Gasteiger partial charge in [-0.15, -0.1) is 0 Å². The summed E-state index contributed by atoms with van der Waals surface area (Å²) in [5.74, 6) is -1.24. The number of anilines is 2. The summed E-state index contributed by atoms with van der Waals surface area (Å²) in [7, 11) is 0.